The highest BCUT2D eigenvalue weighted by molar-refractivity contribution is 5.94. The van der Waals surface area contributed by atoms with Gasteiger partial charge >= 0.3 is 0 Å². The smallest absolute Gasteiger partial charge is 0.241 e. The van der Waals surface area contributed by atoms with Crippen LogP contribution in [0, 0.1) is 5.82 Å². The third-order valence-electron chi connectivity index (χ3n) is 3.51. The second kappa shape index (κ2) is 6.01. The lowest BCUT2D eigenvalue weighted by Gasteiger charge is -2.22. The van der Waals surface area contributed by atoms with E-state index in [2.05, 4.69) is 20.7 Å². The molecular formula is C14H16FN5O. The summed E-state index contributed by atoms with van der Waals surface area (Å²) in [7, 11) is 0. The Morgan fingerprint density at radius 1 is 1.43 bits per heavy atom. The average Bonchev–Trinajstić information content (AvgIpc) is 3.02. The molecule has 1 aliphatic rings. The number of rotatable bonds is 3. The zero-order valence-corrected chi connectivity index (χ0v) is 11.4. The lowest BCUT2D eigenvalue weighted by Crippen LogP contribution is -2.43. The number of carbonyl (C=O) groups excluding carboxylic acids is 1. The van der Waals surface area contributed by atoms with Gasteiger partial charge < -0.3 is 10.6 Å². The molecule has 2 heterocycles. The Morgan fingerprint density at radius 3 is 3.00 bits per heavy atom. The third-order valence-corrected chi connectivity index (χ3v) is 3.51. The SMILES string of the molecule is O=C(Nc1ccc(-n2cncn2)c(F)c1)[C@H]1CCCCN1. The van der Waals surface area contributed by atoms with Gasteiger partial charge in [0.15, 0.2) is 5.82 Å². The number of nitrogens with one attached hydrogen (secondary N) is 2. The van der Waals surface area contributed by atoms with Gasteiger partial charge in [-0.3, -0.25) is 4.79 Å². The normalized spacial score (nSPS) is 18.4. The van der Waals surface area contributed by atoms with Gasteiger partial charge in [-0.15, -0.1) is 0 Å². The van der Waals surface area contributed by atoms with Crippen LogP contribution >= 0.6 is 0 Å². The average molecular weight is 289 g/mol. The Hall–Kier alpha value is -2.28. The largest absolute Gasteiger partial charge is 0.325 e. The Labute approximate surface area is 121 Å². The summed E-state index contributed by atoms with van der Waals surface area (Å²) in [6.07, 6.45) is 5.69. The van der Waals surface area contributed by atoms with Crippen LogP contribution in [0.2, 0.25) is 0 Å². The van der Waals surface area contributed by atoms with Crippen molar-refractivity contribution in [3.05, 3.63) is 36.7 Å². The highest BCUT2D eigenvalue weighted by Gasteiger charge is 2.20. The summed E-state index contributed by atoms with van der Waals surface area (Å²) in [6, 6.07) is 4.31. The van der Waals surface area contributed by atoms with E-state index in [-0.39, 0.29) is 11.9 Å². The van der Waals surface area contributed by atoms with Crippen LogP contribution in [0.5, 0.6) is 0 Å². The Kier molecular flexibility index (Phi) is 3.92. The van der Waals surface area contributed by atoms with Crippen molar-refractivity contribution in [3.63, 3.8) is 0 Å². The number of benzene rings is 1. The van der Waals surface area contributed by atoms with Crippen LogP contribution in [-0.2, 0) is 4.79 Å². The topological polar surface area (TPSA) is 71.8 Å². The molecule has 110 valence electrons. The van der Waals surface area contributed by atoms with Crippen molar-refractivity contribution in [1.82, 2.24) is 20.1 Å². The van der Waals surface area contributed by atoms with E-state index >= 15 is 0 Å². The van der Waals surface area contributed by atoms with Crippen LogP contribution in [0.25, 0.3) is 5.69 Å². The van der Waals surface area contributed by atoms with Gasteiger partial charge in [-0.05, 0) is 37.6 Å². The van der Waals surface area contributed by atoms with E-state index in [9.17, 15) is 9.18 Å². The summed E-state index contributed by atoms with van der Waals surface area (Å²) in [5.74, 6) is -0.586. The fourth-order valence-electron chi connectivity index (χ4n) is 2.41. The first-order valence-electron chi connectivity index (χ1n) is 6.93. The minimum atomic E-state index is -0.463. The van der Waals surface area contributed by atoms with Gasteiger partial charge in [-0.25, -0.2) is 14.1 Å². The van der Waals surface area contributed by atoms with Crippen molar-refractivity contribution in [1.29, 1.82) is 0 Å². The lowest BCUT2D eigenvalue weighted by molar-refractivity contribution is -0.118. The van der Waals surface area contributed by atoms with E-state index in [0.717, 1.165) is 25.8 Å². The molecule has 1 aliphatic heterocycles. The fourth-order valence-corrected chi connectivity index (χ4v) is 2.41. The van der Waals surface area contributed by atoms with Crippen LogP contribution in [-0.4, -0.2) is 33.3 Å². The van der Waals surface area contributed by atoms with Crippen molar-refractivity contribution in [2.75, 3.05) is 11.9 Å². The summed E-state index contributed by atoms with van der Waals surface area (Å²) in [5.41, 5.74) is 0.732. The fraction of sp³-hybridized carbons (Fsp3) is 0.357. The standard InChI is InChI=1S/C14H16FN5O/c15-11-7-10(4-5-13(11)20-9-16-8-18-20)19-14(21)12-3-1-2-6-17-12/h4-5,7-9,12,17H,1-3,6H2,(H,19,21)/t12-/m1/s1. The molecule has 6 nitrogen and oxygen atoms in total. The van der Waals surface area contributed by atoms with Crippen molar-refractivity contribution < 1.29 is 9.18 Å². The molecule has 1 amide bonds. The Balaban J connectivity index is 1.72. The van der Waals surface area contributed by atoms with Gasteiger partial charge in [-0.1, -0.05) is 6.42 Å². The van der Waals surface area contributed by atoms with E-state index in [1.807, 2.05) is 0 Å². The lowest BCUT2D eigenvalue weighted by atomic mass is 10.0. The van der Waals surface area contributed by atoms with Crippen molar-refractivity contribution in [2.45, 2.75) is 25.3 Å². The predicted octanol–water partition coefficient (Wildman–Crippen LogP) is 1.49. The minimum Gasteiger partial charge on any atom is -0.325 e. The molecule has 1 aromatic carbocycles. The molecule has 2 N–H and O–H groups in total. The second-order valence-electron chi connectivity index (χ2n) is 5.00. The van der Waals surface area contributed by atoms with E-state index in [1.54, 1.807) is 12.1 Å². The molecule has 0 bridgehead atoms. The number of anilines is 1. The zero-order chi connectivity index (χ0) is 14.7. The minimum absolute atomic E-state index is 0.123. The molecule has 0 spiro atoms. The first-order chi connectivity index (χ1) is 10.2. The monoisotopic (exact) mass is 289 g/mol. The molecule has 21 heavy (non-hydrogen) atoms. The summed E-state index contributed by atoms with van der Waals surface area (Å²) in [6.45, 7) is 0.845. The summed E-state index contributed by atoms with van der Waals surface area (Å²) < 4.78 is 15.4. The first kappa shape index (κ1) is 13.7. The molecule has 0 radical (unpaired) electrons. The predicted molar refractivity (Wildman–Crippen MR) is 75.6 cm³/mol. The van der Waals surface area contributed by atoms with Crippen LogP contribution in [0.3, 0.4) is 0 Å². The maximum Gasteiger partial charge on any atom is 0.241 e. The van der Waals surface area contributed by atoms with Gasteiger partial charge in [0.05, 0.1) is 6.04 Å². The quantitative estimate of drug-likeness (QED) is 0.898. The number of piperidine rings is 1. The number of amides is 1. The Morgan fingerprint density at radius 2 is 2.33 bits per heavy atom. The Bertz CT molecular complexity index is 622. The maximum absolute atomic E-state index is 14.1. The van der Waals surface area contributed by atoms with Gasteiger partial charge in [0, 0.05) is 5.69 Å². The molecule has 0 saturated carbocycles. The molecule has 1 aromatic heterocycles. The van der Waals surface area contributed by atoms with E-state index in [1.165, 1.54) is 23.4 Å². The molecule has 1 saturated heterocycles. The van der Waals surface area contributed by atoms with E-state index < -0.39 is 5.82 Å². The highest BCUT2D eigenvalue weighted by atomic mass is 19.1. The van der Waals surface area contributed by atoms with Crippen molar-refractivity contribution in [3.8, 4) is 5.69 Å². The van der Waals surface area contributed by atoms with Crippen LogP contribution in [0.4, 0.5) is 10.1 Å². The second-order valence-corrected chi connectivity index (χ2v) is 5.00. The van der Waals surface area contributed by atoms with Gasteiger partial charge in [0.2, 0.25) is 5.91 Å². The number of hydrogen-bond acceptors (Lipinski definition) is 4. The molecule has 0 unspecified atom stereocenters. The molecule has 7 heteroatoms. The third kappa shape index (κ3) is 3.08. The summed E-state index contributed by atoms with van der Waals surface area (Å²) >= 11 is 0. The van der Waals surface area contributed by atoms with Gasteiger partial charge in [0.1, 0.15) is 18.3 Å². The number of nitrogens with zero attached hydrogens (tertiary/aromatic N) is 3. The molecule has 3 rings (SSSR count). The number of aromatic nitrogens is 3. The number of carbonyl (C=O) groups is 1. The number of hydrogen-bond donors (Lipinski definition) is 2. The highest BCUT2D eigenvalue weighted by Crippen LogP contribution is 2.18. The zero-order valence-electron chi connectivity index (χ0n) is 11.4. The number of halogens is 1. The van der Waals surface area contributed by atoms with E-state index in [4.69, 9.17) is 0 Å². The van der Waals surface area contributed by atoms with Crippen LogP contribution in [0.1, 0.15) is 19.3 Å². The van der Waals surface area contributed by atoms with Crippen LogP contribution < -0.4 is 10.6 Å². The molecule has 1 fully saturated rings. The summed E-state index contributed by atoms with van der Waals surface area (Å²) in [5, 5.41) is 9.78. The molecular weight excluding hydrogens is 273 g/mol. The van der Waals surface area contributed by atoms with Crippen LogP contribution in [0.15, 0.2) is 30.9 Å². The molecule has 0 aliphatic carbocycles. The summed E-state index contributed by atoms with van der Waals surface area (Å²) in [4.78, 5) is 15.8. The van der Waals surface area contributed by atoms with Crippen molar-refractivity contribution >= 4 is 11.6 Å². The maximum atomic E-state index is 14.1. The molecule has 1 atom stereocenters. The first-order valence-corrected chi connectivity index (χ1v) is 6.93. The van der Waals surface area contributed by atoms with E-state index in [0.29, 0.717) is 11.4 Å². The molecule has 2 aromatic rings. The van der Waals surface area contributed by atoms with Gasteiger partial charge in [-0.2, -0.15) is 5.10 Å². The van der Waals surface area contributed by atoms with Gasteiger partial charge in [0.25, 0.3) is 0 Å². The van der Waals surface area contributed by atoms with Crippen molar-refractivity contribution in [2.24, 2.45) is 0 Å².